The zero-order chi connectivity index (χ0) is 17.9. The minimum atomic E-state index is -3.59. The lowest BCUT2D eigenvalue weighted by Crippen LogP contribution is -2.41. The number of benzene rings is 1. The molecule has 1 saturated heterocycles. The van der Waals surface area contributed by atoms with Crippen LogP contribution in [0.2, 0.25) is 0 Å². The molecule has 138 valence electrons. The SMILES string of the molecule is C[C@H]1CCCC[C@@H]1NC(=O)c1cccc(S(=O)(=O)N2CCOCC2)c1. The molecule has 1 aliphatic heterocycles. The molecule has 25 heavy (non-hydrogen) atoms. The molecule has 0 aromatic heterocycles. The maximum Gasteiger partial charge on any atom is 0.251 e. The van der Waals surface area contributed by atoms with Crippen molar-refractivity contribution in [1.29, 1.82) is 0 Å². The summed E-state index contributed by atoms with van der Waals surface area (Å²) in [6.45, 7) is 3.65. The molecule has 0 spiro atoms. The van der Waals surface area contributed by atoms with E-state index in [4.69, 9.17) is 4.74 Å². The van der Waals surface area contributed by atoms with Crippen LogP contribution in [0.5, 0.6) is 0 Å². The fourth-order valence-electron chi connectivity index (χ4n) is 3.52. The zero-order valence-corrected chi connectivity index (χ0v) is 15.4. The summed E-state index contributed by atoms with van der Waals surface area (Å²) in [4.78, 5) is 12.7. The van der Waals surface area contributed by atoms with Gasteiger partial charge in [-0.1, -0.05) is 25.8 Å². The fourth-order valence-corrected chi connectivity index (χ4v) is 4.97. The number of carbonyl (C=O) groups is 1. The highest BCUT2D eigenvalue weighted by Crippen LogP contribution is 2.24. The van der Waals surface area contributed by atoms with E-state index in [1.807, 2.05) is 0 Å². The molecule has 1 saturated carbocycles. The van der Waals surface area contributed by atoms with Gasteiger partial charge in [0.1, 0.15) is 0 Å². The third-order valence-electron chi connectivity index (χ3n) is 5.13. The van der Waals surface area contributed by atoms with Gasteiger partial charge in [-0.25, -0.2) is 8.42 Å². The summed E-state index contributed by atoms with van der Waals surface area (Å²) < 4.78 is 32.1. The van der Waals surface area contributed by atoms with Crippen molar-refractivity contribution in [3.63, 3.8) is 0 Å². The Morgan fingerprint density at radius 1 is 1.20 bits per heavy atom. The van der Waals surface area contributed by atoms with Crippen LogP contribution in [0, 0.1) is 5.92 Å². The fraction of sp³-hybridized carbons (Fsp3) is 0.611. The number of carbonyl (C=O) groups excluding carboxylic acids is 1. The van der Waals surface area contributed by atoms with Crippen molar-refractivity contribution in [3.8, 4) is 0 Å². The molecule has 1 aromatic rings. The van der Waals surface area contributed by atoms with Gasteiger partial charge in [0, 0.05) is 24.7 Å². The molecule has 2 atom stereocenters. The highest BCUT2D eigenvalue weighted by Gasteiger charge is 2.28. The van der Waals surface area contributed by atoms with Gasteiger partial charge < -0.3 is 10.1 Å². The maximum atomic E-state index is 12.7. The molecule has 0 bridgehead atoms. The van der Waals surface area contributed by atoms with Crippen molar-refractivity contribution in [2.24, 2.45) is 5.92 Å². The first-order chi connectivity index (χ1) is 12.0. The minimum absolute atomic E-state index is 0.166. The highest BCUT2D eigenvalue weighted by molar-refractivity contribution is 7.89. The molecule has 0 radical (unpaired) electrons. The lowest BCUT2D eigenvalue weighted by Gasteiger charge is -2.29. The van der Waals surface area contributed by atoms with Crippen molar-refractivity contribution < 1.29 is 17.9 Å². The molecule has 1 aromatic carbocycles. The Morgan fingerprint density at radius 3 is 2.64 bits per heavy atom. The molecular weight excluding hydrogens is 340 g/mol. The molecule has 6 nitrogen and oxygen atoms in total. The van der Waals surface area contributed by atoms with E-state index in [0.717, 1.165) is 19.3 Å². The van der Waals surface area contributed by atoms with Gasteiger partial charge in [0.15, 0.2) is 0 Å². The lowest BCUT2D eigenvalue weighted by molar-refractivity contribution is 0.0730. The van der Waals surface area contributed by atoms with E-state index in [2.05, 4.69) is 12.2 Å². The Morgan fingerprint density at radius 2 is 1.92 bits per heavy atom. The van der Waals surface area contributed by atoms with Gasteiger partial charge in [0.25, 0.3) is 5.91 Å². The van der Waals surface area contributed by atoms with Crippen LogP contribution >= 0.6 is 0 Å². The Hall–Kier alpha value is -1.44. The van der Waals surface area contributed by atoms with Gasteiger partial charge in [0.05, 0.1) is 18.1 Å². The second kappa shape index (κ2) is 7.85. The standard InChI is InChI=1S/C18H26N2O4S/c1-14-5-2-3-8-17(14)19-18(21)15-6-4-7-16(13-15)25(22,23)20-9-11-24-12-10-20/h4,6-7,13-14,17H,2-3,5,8-12H2,1H3,(H,19,21)/t14-,17-/m0/s1. The Kier molecular flexibility index (Phi) is 5.76. The van der Waals surface area contributed by atoms with Gasteiger partial charge in [-0.15, -0.1) is 0 Å². The summed E-state index contributed by atoms with van der Waals surface area (Å²) >= 11 is 0. The Balaban J connectivity index is 1.75. The van der Waals surface area contributed by atoms with E-state index in [1.54, 1.807) is 18.2 Å². The first kappa shape index (κ1) is 18.4. The molecule has 3 rings (SSSR count). The molecule has 1 N–H and O–H groups in total. The quantitative estimate of drug-likeness (QED) is 0.884. The summed E-state index contributed by atoms with van der Waals surface area (Å²) in [5.41, 5.74) is 0.395. The molecule has 1 heterocycles. The number of sulfonamides is 1. The molecule has 1 aliphatic carbocycles. The maximum absolute atomic E-state index is 12.7. The zero-order valence-electron chi connectivity index (χ0n) is 14.6. The average molecular weight is 366 g/mol. The normalized spacial score (nSPS) is 25.5. The topological polar surface area (TPSA) is 75.7 Å². The highest BCUT2D eigenvalue weighted by atomic mass is 32.2. The van der Waals surface area contributed by atoms with Crippen LogP contribution < -0.4 is 5.32 Å². The van der Waals surface area contributed by atoms with Crippen molar-refractivity contribution in [1.82, 2.24) is 9.62 Å². The first-order valence-electron chi connectivity index (χ1n) is 8.97. The first-order valence-corrected chi connectivity index (χ1v) is 10.4. The number of rotatable bonds is 4. The van der Waals surface area contributed by atoms with Crippen LogP contribution in [0.3, 0.4) is 0 Å². The van der Waals surface area contributed by atoms with Gasteiger partial charge in [-0.05, 0) is 37.0 Å². The largest absolute Gasteiger partial charge is 0.379 e. The summed E-state index contributed by atoms with van der Waals surface area (Å²) in [7, 11) is -3.59. The second-order valence-corrected chi connectivity index (χ2v) is 8.82. The van der Waals surface area contributed by atoms with Crippen molar-refractivity contribution >= 4 is 15.9 Å². The van der Waals surface area contributed by atoms with E-state index in [0.29, 0.717) is 37.8 Å². The number of ether oxygens (including phenoxy) is 1. The number of nitrogens with one attached hydrogen (secondary N) is 1. The number of morpholine rings is 1. The van der Waals surface area contributed by atoms with Crippen LogP contribution in [0.15, 0.2) is 29.2 Å². The molecular formula is C18H26N2O4S. The summed E-state index contributed by atoms with van der Waals surface area (Å²) in [6.07, 6.45) is 4.44. The smallest absolute Gasteiger partial charge is 0.251 e. The molecule has 1 amide bonds. The summed E-state index contributed by atoms with van der Waals surface area (Å²) in [5, 5.41) is 3.08. The van der Waals surface area contributed by atoms with Gasteiger partial charge in [-0.2, -0.15) is 4.31 Å². The van der Waals surface area contributed by atoms with Gasteiger partial charge >= 0.3 is 0 Å². The second-order valence-electron chi connectivity index (χ2n) is 6.89. The van der Waals surface area contributed by atoms with Crippen molar-refractivity contribution in [3.05, 3.63) is 29.8 Å². The van der Waals surface area contributed by atoms with E-state index in [1.165, 1.54) is 16.8 Å². The van der Waals surface area contributed by atoms with Crippen LogP contribution in [0.1, 0.15) is 43.0 Å². The predicted molar refractivity (Wildman–Crippen MR) is 94.9 cm³/mol. The number of hydrogen-bond donors (Lipinski definition) is 1. The van der Waals surface area contributed by atoms with Crippen molar-refractivity contribution in [2.45, 2.75) is 43.5 Å². The number of nitrogens with zero attached hydrogens (tertiary/aromatic N) is 1. The van der Waals surface area contributed by atoms with Crippen LogP contribution in [0.25, 0.3) is 0 Å². The predicted octanol–water partition coefficient (Wildman–Crippen LogP) is 2.02. The van der Waals surface area contributed by atoms with E-state index >= 15 is 0 Å². The molecule has 0 unspecified atom stereocenters. The summed E-state index contributed by atoms with van der Waals surface area (Å²) in [5.74, 6) is 0.260. The Labute approximate surface area is 149 Å². The molecule has 2 fully saturated rings. The monoisotopic (exact) mass is 366 g/mol. The Bertz CT molecular complexity index is 714. The number of hydrogen-bond acceptors (Lipinski definition) is 4. The molecule has 7 heteroatoms. The van der Waals surface area contributed by atoms with Crippen LogP contribution in [0.4, 0.5) is 0 Å². The van der Waals surface area contributed by atoms with Crippen LogP contribution in [-0.4, -0.2) is 51.0 Å². The average Bonchev–Trinajstić information content (AvgIpc) is 2.64. The third-order valence-corrected chi connectivity index (χ3v) is 7.03. The van der Waals surface area contributed by atoms with E-state index in [-0.39, 0.29) is 16.8 Å². The lowest BCUT2D eigenvalue weighted by atomic mass is 9.86. The number of amides is 1. The van der Waals surface area contributed by atoms with Crippen molar-refractivity contribution in [2.75, 3.05) is 26.3 Å². The third kappa shape index (κ3) is 4.22. The van der Waals surface area contributed by atoms with Crippen LogP contribution in [-0.2, 0) is 14.8 Å². The van der Waals surface area contributed by atoms with E-state index in [9.17, 15) is 13.2 Å². The van der Waals surface area contributed by atoms with E-state index < -0.39 is 10.0 Å². The summed E-state index contributed by atoms with van der Waals surface area (Å²) in [6, 6.07) is 6.49. The van der Waals surface area contributed by atoms with Gasteiger partial charge in [0.2, 0.25) is 10.0 Å². The molecule has 2 aliphatic rings. The minimum Gasteiger partial charge on any atom is -0.379 e. The van der Waals surface area contributed by atoms with Gasteiger partial charge in [-0.3, -0.25) is 4.79 Å².